The van der Waals surface area contributed by atoms with Gasteiger partial charge >= 0.3 is 12.1 Å². The minimum absolute atomic E-state index is 0.139. The maximum atomic E-state index is 12.1. The first kappa shape index (κ1) is 14.4. The molecule has 5 nitrogen and oxygen atoms in total. The molecule has 0 atom stereocenters. The number of carbonyl (C=O) groups excluding carboxylic acids is 1. The third kappa shape index (κ3) is 2.92. The SMILES string of the molecule is CC(C)(COC(=O)N1CCCc2ccccc21)C(=O)O. The minimum Gasteiger partial charge on any atom is -0.481 e. The molecular formula is C15H19NO4. The molecule has 0 saturated carbocycles. The highest BCUT2D eigenvalue weighted by Gasteiger charge is 2.31. The lowest BCUT2D eigenvalue weighted by Crippen LogP contribution is -2.39. The van der Waals surface area contributed by atoms with E-state index in [2.05, 4.69) is 0 Å². The number of para-hydroxylation sites is 1. The molecule has 0 radical (unpaired) electrons. The lowest BCUT2D eigenvalue weighted by atomic mass is 9.95. The molecular weight excluding hydrogens is 258 g/mol. The van der Waals surface area contributed by atoms with Crippen LogP contribution in [0.1, 0.15) is 25.8 Å². The first-order valence-electron chi connectivity index (χ1n) is 6.67. The average Bonchev–Trinajstić information content (AvgIpc) is 2.44. The van der Waals surface area contributed by atoms with Gasteiger partial charge in [-0.2, -0.15) is 0 Å². The number of hydrogen-bond donors (Lipinski definition) is 1. The van der Waals surface area contributed by atoms with Crippen LogP contribution in [-0.2, 0) is 16.0 Å². The highest BCUT2D eigenvalue weighted by molar-refractivity contribution is 5.89. The number of ether oxygens (including phenoxy) is 1. The van der Waals surface area contributed by atoms with Crippen LogP contribution in [0, 0.1) is 5.41 Å². The van der Waals surface area contributed by atoms with Crippen molar-refractivity contribution >= 4 is 17.7 Å². The van der Waals surface area contributed by atoms with Crippen molar-refractivity contribution in [2.45, 2.75) is 26.7 Å². The van der Waals surface area contributed by atoms with Crippen LogP contribution >= 0.6 is 0 Å². The van der Waals surface area contributed by atoms with Gasteiger partial charge in [0.05, 0.1) is 11.1 Å². The number of hydrogen-bond acceptors (Lipinski definition) is 3. The van der Waals surface area contributed by atoms with Crippen molar-refractivity contribution in [1.82, 2.24) is 0 Å². The van der Waals surface area contributed by atoms with Gasteiger partial charge < -0.3 is 9.84 Å². The lowest BCUT2D eigenvalue weighted by Gasteiger charge is -2.29. The Hall–Kier alpha value is -2.04. The Morgan fingerprint density at radius 2 is 2.05 bits per heavy atom. The van der Waals surface area contributed by atoms with E-state index in [0.717, 1.165) is 24.1 Å². The van der Waals surface area contributed by atoms with E-state index >= 15 is 0 Å². The van der Waals surface area contributed by atoms with Crippen molar-refractivity contribution < 1.29 is 19.4 Å². The molecule has 0 aromatic heterocycles. The Bertz CT molecular complexity index is 524. The van der Waals surface area contributed by atoms with Crippen LogP contribution in [0.2, 0.25) is 0 Å². The van der Waals surface area contributed by atoms with Gasteiger partial charge in [0, 0.05) is 6.54 Å². The molecule has 1 amide bonds. The Morgan fingerprint density at radius 1 is 1.35 bits per heavy atom. The molecule has 0 fully saturated rings. The summed E-state index contributed by atoms with van der Waals surface area (Å²) in [6, 6.07) is 7.71. The number of nitrogens with zero attached hydrogens (tertiary/aromatic N) is 1. The van der Waals surface area contributed by atoms with Crippen LogP contribution in [0.25, 0.3) is 0 Å². The van der Waals surface area contributed by atoms with E-state index in [1.807, 2.05) is 24.3 Å². The highest BCUT2D eigenvalue weighted by atomic mass is 16.6. The zero-order chi connectivity index (χ0) is 14.8. The smallest absolute Gasteiger partial charge is 0.414 e. The standard InChI is InChI=1S/C15H19NO4/c1-15(2,13(17)18)10-20-14(19)16-9-5-7-11-6-3-4-8-12(11)16/h3-4,6,8H,5,7,9-10H2,1-2H3,(H,17,18). The molecule has 108 valence electrons. The molecule has 0 unspecified atom stereocenters. The van der Waals surface area contributed by atoms with E-state index in [0.29, 0.717) is 6.54 Å². The number of fused-ring (bicyclic) bond motifs is 1. The molecule has 0 bridgehead atoms. The Morgan fingerprint density at radius 3 is 2.75 bits per heavy atom. The molecule has 1 aromatic carbocycles. The van der Waals surface area contributed by atoms with E-state index in [1.165, 1.54) is 13.8 Å². The minimum atomic E-state index is -1.08. The second kappa shape index (κ2) is 5.53. The van der Waals surface area contributed by atoms with E-state index in [1.54, 1.807) is 4.90 Å². The molecule has 0 aliphatic carbocycles. The maximum Gasteiger partial charge on any atom is 0.414 e. The predicted octanol–water partition coefficient (Wildman–Crippen LogP) is 2.69. The number of rotatable bonds is 3. The number of carboxylic acid groups (broad SMARTS) is 1. The third-order valence-corrected chi connectivity index (χ3v) is 3.47. The van der Waals surface area contributed by atoms with Crippen LogP contribution in [-0.4, -0.2) is 30.3 Å². The zero-order valence-corrected chi connectivity index (χ0v) is 11.8. The quantitative estimate of drug-likeness (QED) is 0.922. The van der Waals surface area contributed by atoms with Crippen molar-refractivity contribution in [3.8, 4) is 0 Å². The summed E-state index contributed by atoms with van der Waals surface area (Å²) in [4.78, 5) is 24.7. The number of benzene rings is 1. The van der Waals surface area contributed by atoms with Crippen LogP contribution in [0.15, 0.2) is 24.3 Å². The van der Waals surface area contributed by atoms with E-state index in [-0.39, 0.29) is 6.61 Å². The average molecular weight is 277 g/mol. The molecule has 20 heavy (non-hydrogen) atoms. The zero-order valence-electron chi connectivity index (χ0n) is 11.8. The fraction of sp³-hybridized carbons (Fsp3) is 0.467. The van der Waals surface area contributed by atoms with E-state index in [9.17, 15) is 9.59 Å². The summed E-state index contributed by atoms with van der Waals surface area (Å²) in [6.45, 7) is 3.53. The molecule has 1 aliphatic rings. The molecule has 0 spiro atoms. The van der Waals surface area contributed by atoms with Gasteiger partial charge in [-0.15, -0.1) is 0 Å². The predicted molar refractivity (Wildman–Crippen MR) is 74.9 cm³/mol. The van der Waals surface area contributed by atoms with Gasteiger partial charge in [-0.1, -0.05) is 18.2 Å². The van der Waals surface area contributed by atoms with Crippen molar-refractivity contribution in [2.24, 2.45) is 5.41 Å². The van der Waals surface area contributed by atoms with Crippen LogP contribution in [0.4, 0.5) is 10.5 Å². The lowest BCUT2D eigenvalue weighted by molar-refractivity contribution is -0.148. The van der Waals surface area contributed by atoms with Gasteiger partial charge in [-0.05, 0) is 38.3 Å². The molecule has 2 rings (SSSR count). The van der Waals surface area contributed by atoms with E-state index in [4.69, 9.17) is 9.84 Å². The summed E-state index contributed by atoms with van der Waals surface area (Å²) < 4.78 is 5.17. The molecule has 1 aliphatic heterocycles. The van der Waals surface area contributed by atoms with Crippen LogP contribution in [0.3, 0.4) is 0 Å². The molecule has 5 heteroatoms. The fourth-order valence-electron chi connectivity index (χ4n) is 2.11. The number of carboxylic acids is 1. The molecule has 1 heterocycles. The second-order valence-electron chi connectivity index (χ2n) is 5.63. The highest BCUT2D eigenvalue weighted by Crippen LogP contribution is 2.27. The Balaban J connectivity index is 2.06. The number of anilines is 1. The van der Waals surface area contributed by atoms with Crippen molar-refractivity contribution in [3.63, 3.8) is 0 Å². The van der Waals surface area contributed by atoms with Crippen molar-refractivity contribution in [2.75, 3.05) is 18.1 Å². The van der Waals surface area contributed by atoms with Crippen LogP contribution in [0.5, 0.6) is 0 Å². The van der Waals surface area contributed by atoms with Gasteiger partial charge in [-0.3, -0.25) is 9.69 Å². The van der Waals surface area contributed by atoms with E-state index < -0.39 is 17.5 Å². The Labute approximate surface area is 118 Å². The molecule has 0 saturated heterocycles. The summed E-state index contributed by atoms with van der Waals surface area (Å²) in [7, 11) is 0. The topological polar surface area (TPSA) is 66.8 Å². The first-order chi connectivity index (χ1) is 9.42. The summed E-state index contributed by atoms with van der Waals surface area (Å²) in [6.07, 6.45) is 1.35. The normalized spacial score (nSPS) is 14.6. The number of amides is 1. The largest absolute Gasteiger partial charge is 0.481 e. The fourth-order valence-corrected chi connectivity index (χ4v) is 2.11. The second-order valence-corrected chi connectivity index (χ2v) is 5.63. The van der Waals surface area contributed by atoms with Gasteiger partial charge in [0.15, 0.2) is 0 Å². The molecule has 1 N–H and O–H groups in total. The monoisotopic (exact) mass is 277 g/mol. The van der Waals surface area contributed by atoms with Gasteiger partial charge in [0.2, 0.25) is 0 Å². The molecule has 1 aromatic rings. The third-order valence-electron chi connectivity index (χ3n) is 3.47. The Kier molecular flexibility index (Phi) is 3.97. The summed E-state index contributed by atoms with van der Waals surface area (Å²) in [5, 5.41) is 9.02. The van der Waals surface area contributed by atoms with Crippen LogP contribution < -0.4 is 4.90 Å². The van der Waals surface area contributed by atoms with Crippen molar-refractivity contribution in [3.05, 3.63) is 29.8 Å². The summed E-state index contributed by atoms with van der Waals surface area (Å²) in [5.74, 6) is -0.982. The van der Waals surface area contributed by atoms with Gasteiger partial charge in [-0.25, -0.2) is 4.79 Å². The summed E-state index contributed by atoms with van der Waals surface area (Å²) in [5.41, 5.74) is 0.899. The number of aryl methyl sites for hydroxylation is 1. The van der Waals surface area contributed by atoms with Gasteiger partial charge in [0.1, 0.15) is 6.61 Å². The van der Waals surface area contributed by atoms with Gasteiger partial charge in [0.25, 0.3) is 0 Å². The number of carbonyl (C=O) groups is 2. The summed E-state index contributed by atoms with van der Waals surface area (Å²) >= 11 is 0. The maximum absolute atomic E-state index is 12.1. The van der Waals surface area contributed by atoms with Crippen molar-refractivity contribution in [1.29, 1.82) is 0 Å². The number of aliphatic carboxylic acids is 1. The first-order valence-corrected chi connectivity index (χ1v) is 6.67.